The highest BCUT2D eigenvalue weighted by Crippen LogP contribution is 2.34. The molecule has 0 fully saturated rings. The highest BCUT2D eigenvalue weighted by Gasteiger charge is 2.24. The molecule has 3 heterocycles. The molecule has 0 aliphatic heterocycles. The first-order valence-corrected chi connectivity index (χ1v) is 9.21. The number of thiophene rings is 1. The van der Waals surface area contributed by atoms with Gasteiger partial charge in [-0.3, -0.25) is 28.1 Å². The molecule has 3 aromatic rings. The lowest BCUT2D eigenvalue weighted by Gasteiger charge is -2.11. The number of aromatic nitrogens is 4. The Morgan fingerprint density at radius 2 is 1.93 bits per heavy atom. The summed E-state index contributed by atoms with van der Waals surface area (Å²) in [5.74, 6) is -0.856. The molecule has 0 saturated heterocycles. The molecule has 140 valence electrons. The van der Waals surface area contributed by atoms with Crippen LogP contribution in [0.1, 0.15) is 27.2 Å². The van der Waals surface area contributed by atoms with Gasteiger partial charge in [0.25, 0.3) is 11.1 Å². The van der Waals surface area contributed by atoms with Gasteiger partial charge in [0.05, 0.1) is 18.3 Å². The van der Waals surface area contributed by atoms with E-state index in [1.54, 1.807) is 0 Å². The van der Waals surface area contributed by atoms with Gasteiger partial charge >= 0.3 is 5.69 Å². The first kappa shape index (κ1) is 17.4. The van der Waals surface area contributed by atoms with E-state index in [1.807, 2.05) is 0 Å². The number of nitrogens with two attached hydrogens (primary N) is 1. The molecule has 27 heavy (non-hydrogen) atoms. The third-order valence-electron chi connectivity index (χ3n) is 4.99. The Kier molecular flexibility index (Phi) is 3.88. The normalized spacial score (nSPS) is 13.3. The van der Waals surface area contributed by atoms with Gasteiger partial charge in [0, 0.05) is 19.0 Å². The van der Waals surface area contributed by atoms with Gasteiger partial charge in [-0.2, -0.15) is 0 Å². The van der Waals surface area contributed by atoms with Crippen molar-refractivity contribution < 1.29 is 4.79 Å². The topological polar surface area (TPSA) is 122 Å². The number of nitrogens with zero attached hydrogens (tertiary/aromatic N) is 4. The standard InChI is InChI=1S/C17H17N5O4S/c1-20-13(18)12(15(24)21(2)17(20)26)9(23)6-22-7-19-14-11(16(22)25)8-4-3-5-10(8)27-14/h7H,3-6,18H2,1-2H3. The zero-order valence-corrected chi connectivity index (χ0v) is 15.6. The van der Waals surface area contributed by atoms with E-state index in [1.165, 1.54) is 41.2 Å². The predicted octanol–water partition coefficient (Wildman–Crippen LogP) is -0.191. The van der Waals surface area contributed by atoms with Crippen LogP contribution < -0.4 is 22.5 Å². The molecular formula is C17H17N5O4S. The zero-order valence-electron chi connectivity index (χ0n) is 14.8. The van der Waals surface area contributed by atoms with Crippen molar-refractivity contribution in [1.82, 2.24) is 18.7 Å². The number of carbonyl (C=O) groups excluding carboxylic acids is 1. The number of carbonyl (C=O) groups is 1. The number of ketones is 1. The molecule has 0 aromatic carbocycles. The van der Waals surface area contributed by atoms with Crippen molar-refractivity contribution in [1.29, 1.82) is 0 Å². The van der Waals surface area contributed by atoms with Crippen molar-refractivity contribution in [2.45, 2.75) is 25.8 Å². The minimum Gasteiger partial charge on any atom is -0.384 e. The van der Waals surface area contributed by atoms with Gasteiger partial charge in [-0.25, -0.2) is 9.78 Å². The van der Waals surface area contributed by atoms with Crippen LogP contribution in [-0.2, 0) is 33.5 Å². The Balaban J connectivity index is 1.81. The van der Waals surface area contributed by atoms with Crippen molar-refractivity contribution in [2.24, 2.45) is 14.1 Å². The molecule has 0 saturated carbocycles. The number of Topliss-reactive ketones (excluding diaryl/α,β-unsaturated/α-hetero) is 1. The van der Waals surface area contributed by atoms with Crippen LogP contribution in [0, 0.1) is 0 Å². The average Bonchev–Trinajstić information content (AvgIpc) is 3.22. The average molecular weight is 387 g/mol. The minimum atomic E-state index is -0.779. The molecule has 1 aliphatic rings. The fraction of sp³-hybridized carbons (Fsp3) is 0.353. The highest BCUT2D eigenvalue weighted by atomic mass is 32.1. The molecule has 0 unspecified atom stereocenters. The van der Waals surface area contributed by atoms with Crippen molar-refractivity contribution in [3.05, 3.63) is 53.5 Å². The fourth-order valence-electron chi connectivity index (χ4n) is 3.49. The number of anilines is 1. The van der Waals surface area contributed by atoms with Crippen LogP contribution in [0.3, 0.4) is 0 Å². The van der Waals surface area contributed by atoms with Crippen LogP contribution in [0.15, 0.2) is 20.7 Å². The summed E-state index contributed by atoms with van der Waals surface area (Å²) < 4.78 is 3.05. The van der Waals surface area contributed by atoms with E-state index in [-0.39, 0.29) is 23.5 Å². The molecule has 9 nitrogen and oxygen atoms in total. The van der Waals surface area contributed by atoms with E-state index in [0.29, 0.717) is 10.2 Å². The van der Waals surface area contributed by atoms with E-state index in [9.17, 15) is 19.2 Å². The number of hydrogen-bond donors (Lipinski definition) is 1. The van der Waals surface area contributed by atoms with Crippen molar-refractivity contribution in [3.8, 4) is 0 Å². The second-order valence-corrected chi connectivity index (χ2v) is 7.69. The summed E-state index contributed by atoms with van der Waals surface area (Å²) >= 11 is 1.51. The van der Waals surface area contributed by atoms with Crippen LogP contribution in [0.25, 0.3) is 10.2 Å². The van der Waals surface area contributed by atoms with Crippen molar-refractivity contribution in [2.75, 3.05) is 5.73 Å². The number of aryl methyl sites for hydroxylation is 2. The summed E-state index contributed by atoms with van der Waals surface area (Å²) in [6.45, 7) is -0.371. The second kappa shape index (κ2) is 6.02. The van der Waals surface area contributed by atoms with E-state index in [2.05, 4.69) is 4.98 Å². The molecular weight excluding hydrogens is 370 g/mol. The van der Waals surface area contributed by atoms with Crippen molar-refractivity contribution in [3.63, 3.8) is 0 Å². The van der Waals surface area contributed by atoms with Gasteiger partial charge in [-0.05, 0) is 24.8 Å². The summed E-state index contributed by atoms with van der Waals surface area (Å²) in [5.41, 5.74) is 4.84. The molecule has 4 rings (SSSR count). The quantitative estimate of drug-likeness (QED) is 0.622. The highest BCUT2D eigenvalue weighted by molar-refractivity contribution is 7.18. The molecule has 3 aromatic heterocycles. The SMILES string of the molecule is Cn1c(N)c(C(=O)Cn2cnc3sc4c(c3c2=O)CCC4)c(=O)n(C)c1=O. The first-order chi connectivity index (χ1) is 12.8. The maximum atomic E-state index is 12.9. The zero-order chi connectivity index (χ0) is 19.5. The maximum Gasteiger partial charge on any atom is 0.332 e. The minimum absolute atomic E-state index is 0.216. The summed E-state index contributed by atoms with van der Waals surface area (Å²) in [5, 5.41) is 0.559. The van der Waals surface area contributed by atoms with Crippen LogP contribution in [0.2, 0.25) is 0 Å². The molecule has 1 aliphatic carbocycles. The fourth-order valence-corrected chi connectivity index (χ4v) is 4.71. The van der Waals surface area contributed by atoms with Crippen molar-refractivity contribution >= 4 is 33.2 Å². The van der Waals surface area contributed by atoms with Gasteiger partial charge in [0.1, 0.15) is 16.2 Å². The summed E-state index contributed by atoms with van der Waals surface area (Å²) in [6, 6.07) is 0. The Morgan fingerprint density at radius 3 is 2.67 bits per heavy atom. The van der Waals surface area contributed by atoms with Crippen LogP contribution in [0.5, 0.6) is 0 Å². The third-order valence-corrected chi connectivity index (χ3v) is 6.19. The third kappa shape index (κ3) is 2.47. The molecule has 2 N–H and O–H groups in total. The monoisotopic (exact) mass is 387 g/mol. The van der Waals surface area contributed by atoms with Gasteiger partial charge < -0.3 is 5.73 Å². The Morgan fingerprint density at radius 1 is 1.19 bits per heavy atom. The summed E-state index contributed by atoms with van der Waals surface area (Å²) in [6.07, 6.45) is 4.10. The van der Waals surface area contributed by atoms with Gasteiger partial charge in [-0.15, -0.1) is 11.3 Å². The molecule has 10 heteroatoms. The smallest absolute Gasteiger partial charge is 0.332 e. The number of rotatable bonds is 3. The van der Waals surface area contributed by atoms with Crippen LogP contribution in [-0.4, -0.2) is 24.5 Å². The van der Waals surface area contributed by atoms with Gasteiger partial charge in [0.2, 0.25) is 0 Å². The first-order valence-electron chi connectivity index (χ1n) is 8.39. The Hall–Kier alpha value is -3.01. The number of hydrogen-bond acceptors (Lipinski definition) is 7. The Bertz CT molecular complexity index is 1290. The molecule has 0 atom stereocenters. The largest absolute Gasteiger partial charge is 0.384 e. The van der Waals surface area contributed by atoms with E-state index >= 15 is 0 Å². The van der Waals surface area contributed by atoms with Crippen LogP contribution in [0.4, 0.5) is 5.82 Å². The summed E-state index contributed by atoms with van der Waals surface area (Å²) in [4.78, 5) is 56.0. The van der Waals surface area contributed by atoms with E-state index in [4.69, 9.17) is 5.73 Å². The van der Waals surface area contributed by atoms with Crippen LogP contribution >= 0.6 is 11.3 Å². The molecule has 0 bridgehead atoms. The Labute approximate surface area is 156 Å². The molecule has 0 spiro atoms. The number of fused-ring (bicyclic) bond motifs is 3. The molecule has 0 radical (unpaired) electrons. The van der Waals surface area contributed by atoms with Gasteiger partial charge in [-0.1, -0.05) is 0 Å². The maximum absolute atomic E-state index is 12.9. The van der Waals surface area contributed by atoms with E-state index in [0.717, 1.165) is 34.0 Å². The predicted molar refractivity (Wildman–Crippen MR) is 102 cm³/mol. The van der Waals surface area contributed by atoms with Gasteiger partial charge in [0.15, 0.2) is 5.78 Å². The lowest BCUT2D eigenvalue weighted by molar-refractivity contribution is 0.0968. The summed E-state index contributed by atoms with van der Waals surface area (Å²) in [7, 11) is 2.65. The molecule has 0 amide bonds. The van der Waals surface area contributed by atoms with E-state index < -0.39 is 17.0 Å². The second-order valence-electron chi connectivity index (χ2n) is 6.60. The lowest BCUT2D eigenvalue weighted by atomic mass is 10.1. The number of nitrogen functional groups attached to an aromatic ring is 1. The lowest BCUT2D eigenvalue weighted by Crippen LogP contribution is -2.42.